The molecule has 11 atom stereocenters. The van der Waals surface area contributed by atoms with Crippen molar-refractivity contribution in [1.82, 2.24) is 0 Å². The molecule has 0 aromatic rings. The van der Waals surface area contributed by atoms with Gasteiger partial charge in [0, 0.05) is 13.0 Å². The molecule has 2 rings (SSSR count). The highest BCUT2D eigenvalue weighted by molar-refractivity contribution is 5.69. The van der Waals surface area contributed by atoms with Gasteiger partial charge in [-0.3, -0.25) is 4.79 Å². The summed E-state index contributed by atoms with van der Waals surface area (Å²) in [6, 6.07) is 0. The molecule has 2 heterocycles. The van der Waals surface area contributed by atoms with Gasteiger partial charge >= 0.3 is 5.97 Å². The van der Waals surface area contributed by atoms with Gasteiger partial charge in [0.05, 0.1) is 26.4 Å². The first-order chi connectivity index (χ1) is 40.6. The minimum Gasteiger partial charge on any atom is -0.457 e. The van der Waals surface area contributed by atoms with E-state index >= 15 is 0 Å². The fraction of sp³-hybridized carbons (Fsp3) is 0.870. The maximum Gasteiger partial charge on any atom is 0.306 e. The normalized spacial score (nSPS) is 23.7. The number of aliphatic hydroxyl groups excluding tert-OH is 7. The lowest BCUT2D eigenvalue weighted by atomic mass is 9.98. The van der Waals surface area contributed by atoms with E-state index in [2.05, 4.69) is 62.5 Å². The van der Waals surface area contributed by atoms with Gasteiger partial charge in [0.1, 0.15) is 54.9 Å². The Morgan fingerprint density at radius 1 is 0.398 bits per heavy atom. The summed E-state index contributed by atoms with van der Waals surface area (Å²) in [4.78, 5) is 13.2. The Bertz CT molecular complexity index is 1560. The summed E-state index contributed by atoms with van der Waals surface area (Å²) in [5, 5.41) is 72.6. The Kier molecular flexibility index (Phi) is 51.3. The minimum absolute atomic E-state index is 0.0618. The van der Waals surface area contributed by atoms with Gasteiger partial charge in [0.2, 0.25) is 0 Å². The summed E-state index contributed by atoms with van der Waals surface area (Å²) in [5.74, 6) is -0.373. The Hall–Kier alpha value is -2.05. The van der Waals surface area contributed by atoms with Gasteiger partial charge in [-0.2, -0.15) is 0 Å². The average molecular weight is 1180 g/mol. The highest BCUT2D eigenvalue weighted by atomic mass is 16.7. The van der Waals surface area contributed by atoms with Crippen molar-refractivity contribution >= 4 is 5.97 Å². The number of esters is 1. The molecule has 0 radical (unpaired) electrons. The van der Waals surface area contributed by atoms with E-state index in [0.29, 0.717) is 13.0 Å². The molecule has 2 aliphatic rings. The summed E-state index contributed by atoms with van der Waals surface area (Å²) < 4.78 is 34.5. The zero-order valence-electron chi connectivity index (χ0n) is 52.7. The first-order valence-electron chi connectivity index (χ1n) is 34.2. The Labute approximate surface area is 505 Å². The van der Waals surface area contributed by atoms with Gasteiger partial charge in [-0.25, -0.2) is 0 Å². The lowest BCUT2D eigenvalue weighted by molar-refractivity contribution is -0.332. The third-order valence-electron chi connectivity index (χ3n) is 16.3. The number of unbranched alkanes of at least 4 members (excludes halogenated alkanes) is 35. The lowest BCUT2D eigenvalue weighted by Gasteiger charge is -2.42. The quantitative estimate of drug-likeness (QED) is 0.0171. The van der Waals surface area contributed by atoms with E-state index in [1.807, 2.05) is 0 Å². The predicted octanol–water partition coefficient (Wildman–Crippen LogP) is 14.2. The molecular weight excluding hydrogens is 1050 g/mol. The van der Waals surface area contributed by atoms with E-state index in [1.165, 1.54) is 205 Å². The summed E-state index contributed by atoms with van der Waals surface area (Å²) in [6.45, 7) is 3.72. The number of ether oxygens (including phenoxy) is 6. The van der Waals surface area contributed by atoms with Crippen LogP contribution < -0.4 is 0 Å². The smallest absolute Gasteiger partial charge is 0.306 e. The number of aliphatic hydroxyl groups is 7. The highest BCUT2D eigenvalue weighted by Gasteiger charge is 2.47. The second-order valence-electron chi connectivity index (χ2n) is 24.0. The third kappa shape index (κ3) is 40.9. The third-order valence-corrected chi connectivity index (χ3v) is 16.3. The van der Waals surface area contributed by atoms with E-state index in [0.717, 1.165) is 51.4 Å². The summed E-state index contributed by atoms with van der Waals surface area (Å²) >= 11 is 0. The van der Waals surface area contributed by atoms with E-state index < -0.39 is 80.7 Å². The zero-order valence-corrected chi connectivity index (χ0v) is 52.7. The predicted molar refractivity (Wildman–Crippen MR) is 335 cm³/mol. The van der Waals surface area contributed by atoms with E-state index in [9.17, 15) is 40.5 Å². The fourth-order valence-electron chi connectivity index (χ4n) is 10.8. The van der Waals surface area contributed by atoms with E-state index in [1.54, 1.807) is 0 Å². The SMILES string of the molecule is CCCCCCC/C=C\C/C=C\CCCCCCCCCCCCCCCC(=O)OC(COCCCCCCCCCCCCCC/C=C\C/C=C\CCCCCCC)COC1OC(COC2OC(CO)C(O)C(O)C2O)C(O)C(O)C1O. The van der Waals surface area contributed by atoms with Crippen molar-refractivity contribution in [3.8, 4) is 0 Å². The van der Waals surface area contributed by atoms with Crippen LogP contribution in [0, 0.1) is 0 Å². The van der Waals surface area contributed by atoms with Gasteiger partial charge in [-0.05, 0) is 77.0 Å². The minimum atomic E-state index is -1.71. The van der Waals surface area contributed by atoms with Crippen LogP contribution in [0.3, 0.4) is 0 Å². The molecule has 7 N–H and O–H groups in total. The molecule has 83 heavy (non-hydrogen) atoms. The molecule has 11 unspecified atom stereocenters. The van der Waals surface area contributed by atoms with Gasteiger partial charge in [-0.15, -0.1) is 0 Å². The van der Waals surface area contributed by atoms with Crippen molar-refractivity contribution in [3.63, 3.8) is 0 Å². The molecule has 2 aliphatic heterocycles. The molecule has 0 bridgehead atoms. The Morgan fingerprint density at radius 2 is 0.747 bits per heavy atom. The first-order valence-corrected chi connectivity index (χ1v) is 34.2. The molecule has 14 nitrogen and oxygen atoms in total. The average Bonchev–Trinajstić information content (AvgIpc) is 3.67. The van der Waals surface area contributed by atoms with Crippen molar-refractivity contribution in [1.29, 1.82) is 0 Å². The van der Waals surface area contributed by atoms with Crippen molar-refractivity contribution in [2.45, 2.75) is 351 Å². The second kappa shape index (κ2) is 55.3. The molecule has 0 spiro atoms. The van der Waals surface area contributed by atoms with Crippen molar-refractivity contribution < 1.29 is 69.0 Å². The number of carbonyl (C=O) groups is 1. The summed E-state index contributed by atoms with van der Waals surface area (Å²) in [6.07, 6.45) is 53.2. The summed E-state index contributed by atoms with van der Waals surface area (Å²) in [7, 11) is 0. The molecule has 14 heteroatoms. The molecular formula is C69H126O14. The van der Waals surface area contributed by atoms with E-state index in [-0.39, 0.29) is 25.6 Å². The lowest BCUT2D eigenvalue weighted by Crippen LogP contribution is -2.61. The van der Waals surface area contributed by atoms with Crippen molar-refractivity contribution in [2.24, 2.45) is 0 Å². The zero-order chi connectivity index (χ0) is 60.1. The number of rotatable bonds is 57. The van der Waals surface area contributed by atoms with Crippen LogP contribution in [0.2, 0.25) is 0 Å². The van der Waals surface area contributed by atoms with Gasteiger partial charge in [-0.1, -0.05) is 249 Å². The molecule has 0 saturated carbocycles. The van der Waals surface area contributed by atoms with E-state index in [4.69, 9.17) is 28.4 Å². The number of hydrogen-bond donors (Lipinski definition) is 7. The second-order valence-corrected chi connectivity index (χ2v) is 24.0. The van der Waals surface area contributed by atoms with Crippen LogP contribution in [-0.4, -0.2) is 142 Å². The van der Waals surface area contributed by atoms with Crippen LogP contribution in [0.25, 0.3) is 0 Å². The molecule has 0 aliphatic carbocycles. The fourth-order valence-corrected chi connectivity index (χ4v) is 10.8. The number of carbonyl (C=O) groups excluding carboxylic acids is 1. The monoisotopic (exact) mass is 1180 g/mol. The van der Waals surface area contributed by atoms with Crippen molar-refractivity contribution in [3.05, 3.63) is 48.6 Å². The van der Waals surface area contributed by atoms with Crippen LogP contribution >= 0.6 is 0 Å². The number of allylic oxidation sites excluding steroid dienone is 8. The van der Waals surface area contributed by atoms with Crippen molar-refractivity contribution in [2.75, 3.05) is 33.0 Å². The highest BCUT2D eigenvalue weighted by Crippen LogP contribution is 2.27. The van der Waals surface area contributed by atoms with Gasteiger partial charge in [0.25, 0.3) is 0 Å². The standard InChI is InChI=1S/C69H126O14/c1-3-5-7-9-11-13-15-17-19-21-23-25-27-29-30-32-34-36-38-40-42-44-46-48-50-52-61(71)81-58(56-79-68-67(77)65(75)63(73)60(83-68)57-80-69-66(76)64(74)62(72)59(54-70)82-69)55-78-53-51-49-47-45-43-41-39-37-35-33-31-28-26-24-22-20-18-16-14-12-10-8-6-4-2/h15-18,21-24,58-60,62-70,72-77H,3-14,19-20,25-57H2,1-2H3/b17-15-,18-16-,23-21-,24-22-. The van der Waals surface area contributed by atoms with Crippen LogP contribution in [0.15, 0.2) is 48.6 Å². The Balaban J connectivity index is 1.65. The van der Waals surface area contributed by atoms with Gasteiger partial charge < -0.3 is 64.2 Å². The maximum atomic E-state index is 13.2. The largest absolute Gasteiger partial charge is 0.457 e. The molecule has 2 fully saturated rings. The van der Waals surface area contributed by atoms with Gasteiger partial charge in [0.15, 0.2) is 12.6 Å². The molecule has 486 valence electrons. The molecule has 0 amide bonds. The van der Waals surface area contributed by atoms with Crippen LogP contribution in [-0.2, 0) is 33.2 Å². The topological polar surface area (TPSA) is 214 Å². The maximum absolute atomic E-state index is 13.2. The summed E-state index contributed by atoms with van der Waals surface area (Å²) in [5.41, 5.74) is 0. The Morgan fingerprint density at radius 3 is 1.16 bits per heavy atom. The first kappa shape index (κ1) is 77.0. The molecule has 2 saturated heterocycles. The molecule has 0 aromatic carbocycles. The van der Waals surface area contributed by atoms with Crippen LogP contribution in [0.5, 0.6) is 0 Å². The van der Waals surface area contributed by atoms with Crippen LogP contribution in [0.1, 0.15) is 284 Å². The molecule has 0 aromatic heterocycles. The number of hydrogen-bond acceptors (Lipinski definition) is 14. The van der Waals surface area contributed by atoms with Crippen LogP contribution in [0.4, 0.5) is 0 Å².